The van der Waals surface area contributed by atoms with Crippen molar-refractivity contribution in [1.29, 1.82) is 0 Å². The molecule has 226 valence electrons. The number of methoxy groups -OCH3 is 1. The molecule has 0 saturated carbocycles. The molecule has 1 atom stereocenters. The van der Waals surface area contributed by atoms with Gasteiger partial charge in [-0.1, -0.05) is 59.9 Å². The molecule has 0 saturated heterocycles. The van der Waals surface area contributed by atoms with Crippen molar-refractivity contribution in [2.45, 2.75) is 19.9 Å². The molecule has 1 aliphatic heterocycles. The van der Waals surface area contributed by atoms with Gasteiger partial charge < -0.3 is 13.9 Å². The first-order chi connectivity index (χ1) is 21.8. The lowest BCUT2D eigenvalue weighted by Gasteiger charge is -2.25. The van der Waals surface area contributed by atoms with Crippen LogP contribution < -0.4 is 14.9 Å². The van der Waals surface area contributed by atoms with Crippen molar-refractivity contribution in [3.63, 3.8) is 0 Å². The molecule has 0 N–H and O–H groups in total. The first-order valence-corrected chi connectivity index (χ1v) is 14.9. The maximum absolute atomic E-state index is 14.0. The fourth-order valence-electron chi connectivity index (χ4n) is 5.29. The van der Waals surface area contributed by atoms with Gasteiger partial charge in [0.25, 0.3) is 5.56 Å². The van der Waals surface area contributed by atoms with Crippen LogP contribution in [0, 0.1) is 12.7 Å². The molecule has 0 fully saturated rings. The van der Waals surface area contributed by atoms with Gasteiger partial charge in [-0.05, 0) is 61.4 Å². The van der Waals surface area contributed by atoms with Crippen LogP contribution in [0.4, 0.5) is 4.39 Å². The molecular formula is C35H27FN2O6S. The van der Waals surface area contributed by atoms with Crippen LogP contribution in [0.3, 0.4) is 0 Å². The molecule has 0 spiro atoms. The fraction of sp³-hybridized carbons (Fsp3) is 0.143. The van der Waals surface area contributed by atoms with E-state index in [0.717, 1.165) is 22.5 Å². The number of esters is 2. The summed E-state index contributed by atoms with van der Waals surface area (Å²) >= 11 is 1.16. The van der Waals surface area contributed by atoms with Crippen molar-refractivity contribution >= 4 is 35.0 Å². The summed E-state index contributed by atoms with van der Waals surface area (Å²) in [7, 11) is 1.33. The van der Waals surface area contributed by atoms with Gasteiger partial charge in [-0.25, -0.2) is 19.0 Å². The molecule has 0 unspecified atom stereocenters. The average Bonchev–Trinajstić information content (AvgIpc) is 3.64. The van der Waals surface area contributed by atoms with Crippen LogP contribution in [-0.2, 0) is 14.3 Å². The van der Waals surface area contributed by atoms with Gasteiger partial charge in [-0.3, -0.25) is 9.36 Å². The molecule has 1 aliphatic rings. The number of aromatic nitrogens is 1. The minimum atomic E-state index is -0.915. The summed E-state index contributed by atoms with van der Waals surface area (Å²) in [6, 6.07) is 22.7. The Hall–Kier alpha value is -5.35. The molecule has 0 aliphatic carbocycles. The van der Waals surface area contributed by atoms with E-state index >= 15 is 0 Å². The van der Waals surface area contributed by atoms with Gasteiger partial charge >= 0.3 is 11.9 Å². The largest absolute Gasteiger partial charge is 0.465 e. The van der Waals surface area contributed by atoms with Crippen molar-refractivity contribution in [2.24, 2.45) is 4.99 Å². The molecule has 45 heavy (non-hydrogen) atoms. The Kier molecular flexibility index (Phi) is 8.14. The zero-order valence-electron chi connectivity index (χ0n) is 24.6. The van der Waals surface area contributed by atoms with Crippen molar-refractivity contribution in [3.05, 3.63) is 144 Å². The maximum Gasteiger partial charge on any atom is 0.338 e. The van der Waals surface area contributed by atoms with E-state index in [1.54, 1.807) is 55.5 Å². The standard InChI is InChI=1S/C35H27FN2O6S/c1-4-43-34(41)29-30(21-8-6-5-7-9-21)37-35-38(31(29)22-10-13-24(36)14-11-22)32(39)28(45-35)19-25-15-17-27(44-25)26-16-12-23(18-20(26)2)33(40)42-3/h5-19,31H,4H2,1-3H3/b28-19+/t31-/m0/s1. The topological polar surface area (TPSA) is 100 Å². The predicted molar refractivity (Wildman–Crippen MR) is 168 cm³/mol. The summed E-state index contributed by atoms with van der Waals surface area (Å²) in [6.45, 7) is 3.69. The number of halogens is 1. The Balaban J connectivity index is 1.51. The van der Waals surface area contributed by atoms with Gasteiger partial charge in [-0.2, -0.15) is 0 Å². The quantitative estimate of drug-likeness (QED) is 0.225. The molecule has 0 radical (unpaired) electrons. The molecule has 5 aromatic rings. The minimum absolute atomic E-state index is 0.122. The lowest BCUT2D eigenvalue weighted by Crippen LogP contribution is -2.40. The number of rotatable bonds is 7. The summed E-state index contributed by atoms with van der Waals surface area (Å²) in [5, 5.41) is 0. The molecule has 2 aromatic heterocycles. The van der Waals surface area contributed by atoms with Crippen molar-refractivity contribution in [3.8, 4) is 11.3 Å². The van der Waals surface area contributed by atoms with E-state index in [4.69, 9.17) is 18.9 Å². The lowest BCUT2D eigenvalue weighted by atomic mass is 9.93. The Morgan fingerprint density at radius 2 is 1.78 bits per heavy atom. The zero-order chi connectivity index (χ0) is 31.7. The molecule has 3 heterocycles. The number of fused-ring (bicyclic) bond motifs is 1. The second kappa shape index (κ2) is 12.3. The molecular weight excluding hydrogens is 595 g/mol. The molecule has 0 amide bonds. The number of hydrogen-bond acceptors (Lipinski definition) is 8. The second-order valence-electron chi connectivity index (χ2n) is 10.2. The van der Waals surface area contributed by atoms with Gasteiger partial charge in [0, 0.05) is 17.2 Å². The normalized spacial score (nSPS) is 14.6. The number of nitrogens with zero attached hydrogens (tertiary/aromatic N) is 2. The van der Waals surface area contributed by atoms with Crippen molar-refractivity contribution < 1.29 is 27.9 Å². The highest BCUT2D eigenvalue weighted by Crippen LogP contribution is 2.35. The number of furan rings is 1. The number of thiazole rings is 1. The van der Waals surface area contributed by atoms with Gasteiger partial charge in [-0.15, -0.1) is 0 Å². The van der Waals surface area contributed by atoms with Crippen LogP contribution in [0.2, 0.25) is 0 Å². The molecule has 6 rings (SSSR count). The third kappa shape index (κ3) is 5.67. The van der Waals surface area contributed by atoms with Gasteiger partial charge in [0.05, 0.1) is 41.1 Å². The second-order valence-corrected chi connectivity index (χ2v) is 11.2. The highest BCUT2D eigenvalue weighted by Gasteiger charge is 2.35. The van der Waals surface area contributed by atoms with Crippen LogP contribution in [0.25, 0.3) is 23.1 Å². The number of hydrogen-bond donors (Lipinski definition) is 0. The smallest absolute Gasteiger partial charge is 0.338 e. The van der Waals surface area contributed by atoms with E-state index in [0.29, 0.717) is 43.2 Å². The maximum atomic E-state index is 14.0. The SMILES string of the molecule is CCOC(=O)C1=C(c2ccccc2)N=c2s/c(=C/c3ccc(-c4ccc(C(=O)OC)cc4C)o3)c(=O)n2[C@H]1c1ccc(F)cc1. The van der Waals surface area contributed by atoms with Gasteiger partial charge in [0.2, 0.25) is 0 Å². The van der Waals surface area contributed by atoms with E-state index in [1.807, 2.05) is 37.3 Å². The molecule has 3 aromatic carbocycles. The van der Waals surface area contributed by atoms with Gasteiger partial charge in [0.15, 0.2) is 4.80 Å². The number of ether oxygens (including phenoxy) is 2. The summed E-state index contributed by atoms with van der Waals surface area (Å²) in [4.78, 5) is 44.7. The van der Waals surface area contributed by atoms with Crippen LogP contribution in [0.1, 0.15) is 45.8 Å². The van der Waals surface area contributed by atoms with Crippen LogP contribution in [0.5, 0.6) is 0 Å². The lowest BCUT2D eigenvalue weighted by molar-refractivity contribution is -0.138. The monoisotopic (exact) mass is 622 g/mol. The van der Waals surface area contributed by atoms with Crippen LogP contribution >= 0.6 is 11.3 Å². The van der Waals surface area contributed by atoms with E-state index in [1.165, 1.54) is 23.8 Å². The van der Waals surface area contributed by atoms with E-state index in [-0.39, 0.29) is 12.2 Å². The third-order valence-electron chi connectivity index (χ3n) is 7.37. The number of benzene rings is 3. The summed E-state index contributed by atoms with van der Waals surface area (Å²) < 4.78 is 32.1. The third-order valence-corrected chi connectivity index (χ3v) is 8.36. The Morgan fingerprint density at radius 1 is 1.02 bits per heavy atom. The molecule has 8 nitrogen and oxygen atoms in total. The number of aryl methyl sites for hydroxylation is 1. The number of carbonyl (C=O) groups is 2. The van der Waals surface area contributed by atoms with Gasteiger partial charge in [0.1, 0.15) is 17.3 Å². The van der Waals surface area contributed by atoms with E-state index in [2.05, 4.69) is 0 Å². The minimum Gasteiger partial charge on any atom is -0.465 e. The Labute approximate surface area is 261 Å². The predicted octanol–water partition coefficient (Wildman–Crippen LogP) is 5.43. The van der Waals surface area contributed by atoms with Crippen LogP contribution in [-0.4, -0.2) is 30.2 Å². The summed E-state index contributed by atoms with van der Waals surface area (Å²) in [6.07, 6.45) is 1.63. The Morgan fingerprint density at radius 3 is 2.47 bits per heavy atom. The van der Waals surface area contributed by atoms with Crippen LogP contribution in [0.15, 0.2) is 105 Å². The van der Waals surface area contributed by atoms with Crippen molar-refractivity contribution in [2.75, 3.05) is 13.7 Å². The van der Waals surface area contributed by atoms with E-state index < -0.39 is 29.4 Å². The number of carbonyl (C=O) groups excluding carboxylic acids is 2. The summed E-state index contributed by atoms with van der Waals surface area (Å²) in [5.74, 6) is -0.505. The molecule has 10 heteroatoms. The highest BCUT2D eigenvalue weighted by atomic mass is 32.1. The first kappa shape index (κ1) is 29.7. The molecule has 0 bridgehead atoms. The van der Waals surface area contributed by atoms with Crippen molar-refractivity contribution in [1.82, 2.24) is 4.57 Å². The average molecular weight is 623 g/mol. The fourth-order valence-corrected chi connectivity index (χ4v) is 6.27. The highest BCUT2D eigenvalue weighted by molar-refractivity contribution is 7.07. The zero-order valence-corrected chi connectivity index (χ0v) is 25.4. The first-order valence-electron chi connectivity index (χ1n) is 14.1. The Bertz CT molecular complexity index is 2140. The van der Waals surface area contributed by atoms with E-state index in [9.17, 15) is 18.8 Å². The summed E-state index contributed by atoms with van der Waals surface area (Å²) in [5.41, 5.74) is 3.40.